The second-order valence-electron chi connectivity index (χ2n) is 6.81. The third-order valence-corrected chi connectivity index (χ3v) is 5.79. The third-order valence-electron chi connectivity index (χ3n) is 4.48. The first kappa shape index (κ1) is 19.8. The van der Waals surface area contributed by atoms with Crippen molar-refractivity contribution < 1.29 is 13.5 Å². The second-order valence-corrected chi connectivity index (χ2v) is 8.27. The summed E-state index contributed by atoms with van der Waals surface area (Å²) in [6.45, 7) is 0. The summed E-state index contributed by atoms with van der Waals surface area (Å²) in [6.07, 6.45) is 0. The van der Waals surface area contributed by atoms with E-state index in [0.717, 1.165) is 16.7 Å². The van der Waals surface area contributed by atoms with Crippen LogP contribution in [0.2, 0.25) is 0 Å². The number of nitrogens with zero attached hydrogens (tertiary/aromatic N) is 1. The Balaban J connectivity index is 1.40. The molecule has 1 amide bonds. The Bertz CT molecular complexity index is 1160. The number of anilines is 1. The van der Waals surface area contributed by atoms with E-state index in [1.165, 1.54) is 0 Å². The lowest BCUT2D eigenvalue weighted by atomic mass is 10.1. The van der Waals surface area contributed by atoms with E-state index in [2.05, 4.69) is 10.5 Å². The zero-order valence-electron chi connectivity index (χ0n) is 16.2. The number of carbonyl (C=O) groups is 1. The summed E-state index contributed by atoms with van der Waals surface area (Å²) < 4.78 is 17.8. The Morgan fingerprint density at radius 2 is 1.50 bits per heavy atom. The van der Waals surface area contributed by atoms with Crippen LogP contribution < -0.4 is 5.32 Å². The van der Waals surface area contributed by atoms with Crippen LogP contribution in [-0.4, -0.2) is 15.3 Å². The molecule has 0 aliphatic carbocycles. The lowest BCUT2D eigenvalue weighted by Crippen LogP contribution is -2.12. The molecule has 0 fully saturated rings. The molecule has 3 aromatic carbocycles. The van der Waals surface area contributed by atoms with Crippen molar-refractivity contribution in [2.24, 2.45) is 0 Å². The topological polar surface area (TPSA) is 72.2 Å². The summed E-state index contributed by atoms with van der Waals surface area (Å²) in [5.74, 6) is 1.09. The number of hydrogen-bond donors (Lipinski definition) is 1. The largest absolute Gasteiger partial charge is 0.355 e. The number of hydrogen-bond acceptors (Lipinski definition) is 4. The lowest BCUT2D eigenvalue weighted by molar-refractivity contribution is 0.101. The predicted octanol–water partition coefficient (Wildman–Crippen LogP) is 5.04. The third kappa shape index (κ3) is 5.10. The van der Waals surface area contributed by atoms with Crippen LogP contribution in [0.25, 0.3) is 11.3 Å². The zero-order valence-corrected chi connectivity index (χ0v) is 17.0. The summed E-state index contributed by atoms with van der Waals surface area (Å²) in [4.78, 5) is 12.5. The zero-order chi connectivity index (χ0) is 20.8. The maximum absolute atomic E-state index is 12.5. The van der Waals surface area contributed by atoms with Gasteiger partial charge in [-0.3, -0.25) is 9.00 Å². The highest BCUT2D eigenvalue weighted by Crippen LogP contribution is 2.21. The van der Waals surface area contributed by atoms with Gasteiger partial charge in [0.05, 0.1) is 0 Å². The van der Waals surface area contributed by atoms with E-state index in [-0.39, 0.29) is 11.6 Å². The quantitative estimate of drug-likeness (QED) is 0.458. The molecule has 6 heteroatoms. The Kier molecular flexibility index (Phi) is 6.15. The van der Waals surface area contributed by atoms with E-state index in [1.54, 1.807) is 12.1 Å². The van der Waals surface area contributed by atoms with Crippen molar-refractivity contribution in [2.75, 3.05) is 5.32 Å². The van der Waals surface area contributed by atoms with Crippen molar-refractivity contribution in [3.63, 3.8) is 0 Å². The molecule has 150 valence electrons. The first-order valence-corrected chi connectivity index (χ1v) is 11.0. The summed E-state index contributed by atoms with van der Waals surface area (Å²) in [6, 6.07) is 28.2. The van der Waals surface area contributed by atoms with Gasteiger partial charge in [0, 0.05) is 39.6 Å². The van der Waals surface area contributed by atoms with Crippen LogP contribution in [0.5, 0.6) is 0 Å². The van der Waals surface area contributed by atoms with Gasteiger partial charge in [0.15, 0.2) is 11.5 Å². The SMILES string of the molecule is O=C(Nc1cccc(CS(=O)Cc2ccccc2)c1)c1cc(-c2ccccc2)on1. The van der Waals surface area contributed by atoms with Crippen LogP contribution in [-0.2, 0) is 22.3 Å². The molecular weight excluding hydrogens is 396 g/mol. The molecule has 1 aromatic heterocycles. The van der Waals surface area contributed by atoms with Gasteiger partial charge in [-0.25, -0.2) is 0 Å². The van der Waals surface area contributed by atoms with Crippen LogP contribution >= 0.6 is 0 Å². The Morgan fingerprint density at radius 1 is 0.833 bits per heavy atom. The highest BCUT2D eigenvalue weighted by molar-refractivity contribution is 7.83. The van der Waals surface area contributed by atoms with Gasteiger partial charge in [-0.05, 0) is 23.3 Å². The molecule has 4 rings (SSSR count). The van der Waals surface area contributed by atoms with E-state index in [4.69, 9.17) is 4.52 Å². The number of aromatic nitrogens is 1. The van der Waals surface area contributed by atoms with Crippen LogP contribution in [0.3, 0.4) is 0 Å². The van der Waals surface area contributed by atoms with E-state index < -0.39 is 10.8 Å². The summed E-state index contributed by atoms with van der Waals surface area (Å²) in [5, 5.41) is 6.70. The minimum Gasteiger partial charge on any atom is -0.355 e. The van der Waals surface area contributed by atoms with E-state index >= 15 is 0 Å². The molecule has 1 heterocycles. The molecule has 0 saturated carbocycles. The van der Waals surface area contributed by atoms with Crippen molar-refractivity contribution in [3.05, 3.63) is 108 Å². The normalized spacial score (nSPS) is 11.7. The van der Waals surface area contributed by atoms with Crippen molar-refractivity contribution >= 4 is 22.4 Å². The van der Waals surface area contributed by atoms with Crippen LogP contribution in [0.4, 0.5) is 5.69 Å². The fraction of sp³-hybridized carbons (Fsp3) is 0.0833. The molecular formula is C24H20N2O3S. The van der Waals surface area contributed by atoms with Crippen LogP contribution in [0, 0.1) is 0 Å². The van der Waals surface area contributed by atoms with E-state index in [0.29, 0.717) is 23.0 Å². The minimum absolute atomic E-state index is 0.201. The Hall–Kier alpha value is -3.51. The molecule has 1 N–H and O–H groups in total. The first-order valence-electron chi connectivity index (χ1n) is 9.49. The molecule has 1 atom stereocenters. The van der Waals surface area contributed by atoms with E-state index in [9.17, 15) is 9.00 Å². The maximum atomic E-state index is 12.5. The van der Waals surface area contributed by atoms with Gasteiger partial charge in [-0.15, -0.1) is 0 Å². The average Bonchev–Trinajstić information content (AvgIpc) is 3.26. The fourth-order valence-corrected chi connectivity index (χ4v) is 4.27. The molecule has 5 nitrogen and oxygen atoms in total. The molecule has 0 spiro atoms. The highest BCUT2D eigenvalue weighted by atomic mass is 32.2. The van der Waals surface area contributed by atoms with Gasteiger partial charge >= 0.3 is 0 Å². The van der Waals surface area contributed by atoms with Gasteiger partial charge in [0.25, 0.3) is 5.91 Å². The Labute approximate surface area is 177 Å². The lowest BCUT2D eigenvalue weighted by Gasteiger charge is -2.07. The smallest absolute Gasteiger partial charge is 0.277 e. The predicted molar refractivity (Wildman–Crippen MR) is 118 cm³/mol. The number of amides is 1. The van der Waals surface area contributed by atoms with Gasteiger partial charge < -0.3 is 9.84 Å². The molecule has 4 aromatic rings. The van der Waals surface area contributed by atoms with Gasteiger partial charge in [-0.2, -0.15) is 0 Å². The van der Waals surface area contributed by atoms with Crippen LogP contribution in [0.15, 0.2) is 95.5 Å². The number of benzene rings is 3. The molecule has 0 aliphatic heterocycles. The Morgan fingerprint density at radius 3 is 2.27 bits per heavy atom. The summed E-state index contributed by atoms with van der Waals surface area (Å²) >= 11 is 0. The second kappa shape index (κ2) is 9.33. The maximum Gasteiger partial charge on any atom is 0.277 e. The van der Waals surface area contributed by atoms with Crippen molar-refractivity contribution in [1.82, 2.24) is 5.16 Å². The van der Waals surface area contributed by atoms with Gasteiger partial charge in [0.2, 0.25) is 0 Å². The molecule has 0 saturated heterocycles. The standard InChI is InChI=1S/C24H20N2O3S/c27-24(22-15-23(29-26-22)20-11-5-2-6-12-20)25-21-13-7-10-19(14-21)17-30(28)16-18-8-3-1-4-9-18/h1-15H,16-17H2,(H,25,27). The molecule has 30 heavy (non-hydrogen) atoms. The molecule has 0 radical (unpaired) electrons. The van der Waals surface area contributed by atoms with E-state index in [1.807, 2.05) is 78.9 Å². The summed E-state index contributed by atoms with van der Waals surface area (Å²) in [5.41, 5.74) is 3.62. The van der Waals surface area contributed by atoms with Gasteiger partial charge in [-0.1, -0.05) is 78.0 Å². The fourth-order valence-electron chi connectivity index (χ4n) is 3.05. The summed E-state index contributed by atoms with van der Waals surface area (Å²) in [7, 11) is -1.04. The highest BCUT2D eigenvalue weighted by Gasteiger charge is 2.14. The number of nitrogens with one attached hydrogen (secondary N) is 1. The van der Waals surface area contributed by atoms with Crippen molar-refractivity contribution in [3.8, 4) is 11.3 Å². The van der Waals surface area contributed by atoms with Gasteiger partial charge in [0.1, 0.15) is 0 Å². The van der Waals surface area contributed by atoms with Crippen LogP contribution in [0.1, 0.15) is 21.6 Å². The average molecular weight is 417 g/mol. The molecule has 0 aliphatic rings. The number of carbonyl (C=O) groups excluding carboxylic acids is 1. The molecule has 1 unspecified atom stereocenters. The van der Waals surface area contributed by atoms with Crippen molar-refractivity contribution in [1.29, 1.82) is 0 Å². The minimum atomic E-state index is -1.04. The monoisotopic (exact) mass is 416 g/mol. The van der Waals surface area contributed by atoms with Crippen molar-refractivity contribution in [2.45, 2.75) is 11.5 Å². The number of rotatable bonds is 7. The first-order chi connectivity index (χ1) is 14.7. The molecule has 0 bridgehead atoms.